The van der Waals surface area contributed by atoms with Crippen molar-refractivity contribution in [2.75, 3.05) is 41.0 Å². The molecule has 0 aliphatic carbocycles. The summed E-state index contributed by atoms with van der Waals surface area (Å²) < 4.78 is 17.4. The van der Waals surface area contributed by atoms with E-state index in [-0.39, 0.29) is 36.2 Å². The van der Waals surface area contributed by atoms with Gasteiger partial charge in [0.15, 0.2) is 12.1 Å². The monoisotopic (exact) mass is 975 g/mol. The number of carboxylic acid groups (broad SMARTS) is 1. The van der Waals surface area contributed by atoms with Crippen LogP contribution in [-0.4, -0.2) is 80.6 Å². The molecule has 0 spiro atoms. The molecule has 0 aromatic heterocycles. The third-order valence-electron chi connectivity index (χ3n) is 11.9. The molecule has 1 N–H and O–H groups in total. The highest BCUT2D eigenvalue weighted by molar-refractivity contribution is 5.72. The molecule has 0 heterocycles. The second kappa shape index (κ2) is 51.3. The lowest BCUT2D eigenvalue weighted by atomic mass is 10.0. The van der Waals surface area contributed by atoms with Gasteiger partial charge in [-0.05, 0) is 96.3 Å². The fourth-order valence-corrected chi connectivity index (χ4v) is 7.70. The third kappa shape index (κ3) is 49.0. The van der Waals surface area contributed by atoms with Crippen molar-refractivity contribution >= 4 is 17.9 Å². The van der Waals surface area contributed by atoms with Crippen LogP contribution in [0.3, 0.4) is 0 Å². The zero-order chi connectivity index (χ0) is 51.3. The summed E-state index contributed by atoms with van der Waals surface area (Å²) in [5.74, 6) is -1.51. The molecule has 0 aliphatic rings. The molecule has 8 nitrogen and oxygen atoms in total. The summed E-state index contributed by atoms with van der Waals surface area (Å²) in [5, 5.41) is 9.68. The minimum absolute atomic E-state index is 0.0465. The van der Waals surface area contributed by atoms with E-state index in [1.807, 2.05) is 21.1 Å². The number of hydrogen-bond donors (Lipinski definition) is 1. The minimum atomic E-state index is -0.881. The van der Waals surface area contributed by atoms with E-state index < -0.39 is 18.1 Å². The third-order valence-corrected chi connectivity index (χ3v) is 11.9. The van der Waals surface area contributed by atoms with Gasteiger partial charge < -0.3 is 23.8 Å². The lowest BCUT2D eigenvalue weighted by Crippen LogP contribution is -2.50. The van der Waals surface area contributed by atoms with Crippen molar-refractivity contribution < 1.29 is 38.2 Å². The van der Waals surface area contributed by atoms with Gasteiger partial charge in [0.05, 0.1) is 34.4 Å². The Labute approximate surface area is 429 Å². The number of allylic oxidation sites excluding steroid dienone is 18. The van der Waals surface area contributed by atoms with Gasteiger partial charge in [0, 0.05) is 19.3 Å². The van der Waals surface area contributed by atoms with Crippen LogP contribution in [0.1, 0.15) is 213 Å². The van der Waals surface area contributed by atoms with Crippen molar-refractivity contribution in [2.24, 2.45) is 0 Å². The predicted octanol–water partition coefficient (Wildman–Crippen LogP) is 16.8. The van der Waals surface area contributed by atoms with E-state index in [2.05, 4.69) is 123 Å². The van der Waals surface area contributed by atoms with Crippen molar-refractivity contribution in [1.82, 2.24) is 0 Å². The van der Waals surface area contributed by atoms with Crippen LogP contribution in [-0.2, 0) is 28.6 Å². The van der Waals surface area contributed by atoms with Crippen molar-refractivity contribution in [3.63, 3.8) is 0 Å². The molecule has 0 bridgehead atoms. The van der Waals surface area contributed by atoms with Gasteiger partial charge in [0.25, 0.3) is 0 Å². The molecule has 0 radical (unpaired) electrons. The number of carboxylic acids is 1. The predicted molar refractivity (Wildman–Crippen MR) is 298 cm³/mol. The first-order valence-corrected chi connectivity index (χ1v) is 27.9. The smallest absolute Gasteiger partial charge is 0.362 e. The maximum absolute atomic E-state index is 12.8. The maximum Gasteiger partial charge on any atom is 0.362 e. The number of nitrogens with zero attached hydrogens (tertiary/aromatic N) is 1. The molecule has 0 aliphatic heterocycles. The minimum Gasteiger partial charge on any atom is -0.477 e. The zero-order valence-corrected chi connectivity index (χ0v) is 45.4. The summed E-state index contributed by atoms with van der Waals surface area (Å²) in [5.41, 5.74) is 0. The number of likely N-dealkylation sites (N-methyl/N-ethyl adjacent to an activating group) is 1. The summed E-state index contributed by atoms with van der Waals surface area (Å²) in [4.78, 5) is 37.3. The average Bonchev–Trinajstić information content (AvgIpc) is 3.33. The number of quaternary nitrogens is 1. The summed E-state index contributed by atoms with van der Waals surface area (Å²) in [7, 11) is 5.53. The molecule has 70 heavy (non-hydrogen) atoms. The number of aliphatic carboxylic acids is 1. The Bertz CT molecular complexity index is 1510. The Hall–Kier alpha value is -4.01. The number of unbranched alkanes of at least 4 members (excludes halogenated alkanes) is 17. The molecule has 0 fully saturated rings. The summed E-state index contributed by atoms with van der Waals surface area (Å²) in [6.45, 7) is 4.49. The van der Waals surface area contributed by atoms with Crippen molar-refractivity contribution in [1.29, 1.82) is 0 Å². The van der Waals surface area contributed by atoms with Crippen LogP contribution in [0.5, 0.6) is 0 Å². The first kappa shape index (κ1) is 66.0. The summed E-state index contributed by atoms with van der Waals surface area (Å²) in [6, 6.07) is -0.626. The van der Waals surface area contributed by atoms with Gasteiger partial charge >= 0.3 is 17.9 Å². The number of ether oxygens (including phenoxy) is 3. The highest BCUT2D eigenvalue weighted by Crippen LogP contribution is 2.15. The highest BCUT2D eigenvalue weighted by atomic mass is 16.6. The van der Waals surface area contributed by atoms with Crippen LogP contribution in [0.15, 0.2) is 109 Å². The molecule has 0 aromatic rings. The van der Waals surface area contributed by atoms with Gasteiger partial charge in [0.1, 0.15) is 6.61 Å². The van der Waals surface area contributed by atoms with E-state index in [0.29, 0.717) is 19.3 Å². The number of rotatable bonds is 49. The molecule has 8 heteroatoms. The molecule has 0 saturated heterocycles. The molecule has 2 unspecified atom stereocenters. The zero-order valence-electron chi connectivity index (χ0n) is 45.4. The number of carbonyl (C=O) groups excluding carboxylic acids is 2. The van der Waals surface area contributed by atoms with Crippen LogP contribution in [0.25, 0.3) is 0 Å². The van der Waals surface area contributed by atoms with Crippen LogP contribution >= 0.6 is 0 Å². The molecule has 398 valence electrons. The first-order valence-electron chi connectivity index (χ1n) is 27.9. The SMILES string of the molecule is CC/C=C/C/C=C/C/C=C/C/C=C/C/C=C/C/C=C/CCCCCCC(=O)OCC(COCCC(C(=O)O)[N+](C)(C)C)OC(=O)CCCCCCCCCCCCCCC/C=C/C/C=C/C/C=C/CC. The van der Waals surface area contributed by atoms with Crippen molar-refractivity contribution in [3.05, 3.63) is 109 Å². The Morgan fingerprint density at radius 2 is 0.757 bits per heavy atom. The topological polar surface area (TPSA) is 99.1 Å². The number of carbonyl (C=O) groups is 3. The Kier molecular flexibility index (Phi) is 48.4. The van der Waals surface area contributed by atoms with Gasteiger partial charge in [0.2, 0.25) is 0 Å². The molecule has 0 rings (SSSR count). The summed E-state index contributed by atoms with van der Waals surface area (Å²) >= 11 is 0. The lowest BCUT2D eigenvalue weighted by Gasteiger charge is -2.31. The fourth-order valence-electron chi connectivity index (χ4n) is 7.70. The Morgan fingerprint density at radius 3 is 1.11 bits per heavy atom. The molecular weight excluding hydrogens is 871 g/mol. The largest absolute Gasteiger partial charge is 0.477 e. The van der Waals surface area contributed by atoms with Crippen LogP contribution in [0, 0.1) is 0 Å². The van der Waals surface area contributed by atoms with Gasteiger partial charge in [-0.1, -0.05) is 207 Å². The van der Waals surface area contributed by atoms with Gasteiger partial charge in [-0.2, -0.15) is 0 Å². The van der Waals surface area contributed by atoms with E-state index in [1.165, 1.54) is 70.6 Å². The van der Waals surface area contributed by atoms with Crippen molar-refractivity contribution in [3.8, 4) is 0 Å². The second-order valence-electron chi connectivity index (χ2n) is 19.4. The second-order valence-corrected chi connectivity index (χ2v) is 19.4. The molecule has 0 aromatic carbocycles. The maximum atomic E-state index is 12.8. The standard InChI is InChI=1S/C62H103NO7/c1-6-8-10-12-14-16-18-20-22-24-26-28-30-32-34-36-38-40-42-44-46-48-50-52-60(64)69-57-58(56-68-55-54-59(62(66)67)63(3,4)5)70-61(65)53-51-49-47-45-43-41-39-37-35-33-31-29-27-25-23-21-19-17-15-13-11-9-7-2/h8-11,14-17,20-23,26,28,32,34,38,40,58-59H,6-7,12-13,18-19,24-25,27,29-31,33,35-37,39,41-57H2,1-5H3/p+1/b10-8+,11-9+,16-14+,17-15+,22-20+,23-21+,28-26+,34-32+,40-38+. The summed E-state index contributed by atoms with van der Waals surface area (Å²) in [6.07, 6.45) is 71.5. The van der Waals surface area contributed by atoms with Crippen LogP contribution < -0.4 is 0 Å². The van der Waals surface area contributed by atoms with Gasteiger partial charge in [-0.25, -0.2) is 4.79 Å². The number of esters is 2. The first-order chi connectivity index (χ1) is 34.1. The van der Waals surface area contributed by atoms with Crippen LogP contribution in [0.2, 0.25) is 0 Å². The molecule has 0 amide bonds. The molecule has 0 saturated carbocycles. The normalized spacial score (nSPS) is 13.7. The van der Waals surface area contributed by atoms with Crippen molar-refractivity contribution in [2.45, 2.75) is 225 Å². The Balaban J connectivity index is 4.26. The highest BCUT2D eigenvalue weighted by Gasteiger charge is 2.31. The van der Waals surface area contributed by atoms with Crippen LogP contribution in [0.4, 0.5) is 0 Å². The Morgan fingerprint density at radius 1 is 0.429 bits per heavy atom. The van der Waals surface area contributed by atoms with E-state index >= 15 is 0 Å². The van der Waals surface area contributed by atoms with E-state index in [1.54, 1.807) is 0 Å². The molecular formula is C62H104NO7+. The number of hydrogen-bond acceptors (Lipinski definition) is 6. The van der Waals surface area contributed by atoms with E-state index in [0.717, 1.165) is 109 Å². The van der Waals surface area contributed by atoms with Gasteiger partial charge in [-0.3, -0.25) is 9.59 Å². The lowest BCUT2D eigenvalue weighted by molar-refractivity contribution is -0.887. The van der Waals surface area contributed by atoms with E-state index in [4.69, 9.17) is 14.2 Å². The molecule has 2 atom stereocenters. The van der Waals surface area contributed by atoms with Gasteiger partial charge in [-0.15, -0.1) is 0 Å². The quantitative estimate of drug-likeness (QED) is 0.0281. The fraction of sp³-hybridized carbons (Fsp3) is 0.661. The van der Waals surface area contributed by atoms with E-state index in [9.17, 15) is 19.5 Å². The average molecular weight is 976 g/mol.